The number of benzene rings is 2. The van der Waals surface area contributed by atoms with E-state index in [1.54, 1.807) is 19.9 Å². The van der Waals surface area contributed by atoms with Gasteiger partial charge in [-0.3, -0.25) is 9.63 Å². The van der Waals surface area contributed by atoms with Crippen molar-refractivity contribution in [3.8, 4) is 0 Å². The fourth-order valence-corrected chi connectivity index (χ4v) is 2.80. The minimum absolute atomic E-state index is 0.0535. The van der Waals surface area contributed by atoms with Gasteiger partial charge in [0.05, 0.1) is 24.5 Å². The number of carbonyl (C=O) groups is 1. The molecule has 0 radical (unpaired) electrons. The third-order valence-corrected chi connectivity index (χ3v) is 4.49. The molecule has 0 spiro atoms. The number of nitrogens with one attached hydrogen (secondary N) is 2. The van der Waals surface area contributed by atoms with Crippen molar-refractivity contribution < 1.29 is 23.5 Å². The van der Waals surface area contributed by atoms with Gasteiger partial charge >= 0.3 is 0 Å². The van der Waals surface area contributed by atoms with Crippen LogP contribution in [0.25, 0.3) is 0 Å². The molecule has 5 nitrogen and oxygen atoms in total. The molecule has 0 bridgehead atoms. The lowest BCUT2D eigenvalue weighted by atomic mass is 9.97. The van der Waals surface area contributed by atoms with Gasteiger partial charge in [0.25, 0.3) is 5.91 Å². The summed E-state index contributed by atoms with van der Waals surface area (Å²) in [7, 11) is 0. The molecule has 0 saturated carbocycles. The van der Waals surface area contributed by atoms with Crippen molar-refractivity contribution in [2.45, 2.75) is 20.8 Å². The van der Waals surface area contributed by atoms with Crippen LogP contribution in [-0.2, 0) is 4.84 Å². The molecule has 0 saturated heterocycles. The number of hydrogen-bond acceptors (Lipinski definition) is 4. The number of aliphatic hydroxyl groups excluding tert-OH is 1. The van der Waals surface area contributed by atoms with Gasteiger partial charge in [-0.05, 0) is 59.3 Å². The van der Waals surface area contributed by atoms with E-state index in [2.05, 4.69) is 33.4 Å². The average Bonchev–Trinajstić information content (AvgIpc) is 2.60. The molecule has 8 heteroatoms. The van der Waals surface area contributed by atoms with Gasteiger partial charge in [-0.25, -0.2) is 14.3 Å². The van der Waals surface area contributed by atoms with Gasteiger partial charge in [-0.15, -0.1) is 0 Å². The maximum atomic E-state index is 13.7. The molecule has 0 unspecified atom stereocenters. The quantitative estimate of drug-likeness (QED) is 0.400. The van der Waals surface area contributed by atoms with Gasteiger partial charge in [0, 0.05) is 20.7 Å². The van der Waals surface area contributed by atoms with Crippen molar-refractivity contribution in [2.75, 3.05) is 18.5 Å². The number of anilines is 2. The van der Waals surface area contributed by atoms with Crippen molar-refractivity contribution in [2.24, 2.45) is 5.41 Å². The third kappa shape index (κ3) is 5.85. The Labute approximate surface area is 170 Å². The van der Waals surface area contributed by atoms with Crippen molar-refractivity contribution in [1.29, 1.82) is 0 Å². The molecule has 0 aliphatic heterocycles. The molecule has 0 atom stereocenters. The second kappa shape index (κ2) is 8.94. The first kappa shape index (κ1) is 21.5. The Morgan fingerprint density at radius 2 is 1.85 bits per heavy atom. The Kier molecular flexibility index (Phi) is 7.12. The molecule has 146 valence electrons. The molecule has 3 N–H and O–H groups in total. The zero-order chi connectivity index (χ0) is 20.2. The molecule has 1 amide bonds. The van der Waals surface area contributed by atoms with Crippen molar-refractivity contribution >= 4 is 39.9 Å². The molecule has 0 aromatic heterocycles. The number of halogens is 3. The number of carbonyl (C=O) groups excluding carboxylic acids is 1. The zero-order valence-electron chi connectivity index (χ0n) is 15.2. The lowest BCUT2D eigenvalue weighted by Gasteiger charge is -2.21. The van der Waals surface area contributed by atoms with E-state index in [0.717, 1.165) is 21.3 Å². The second-order valence-electron chi connectivity index (χ2n) is 6.94. The molecule has 2 aromatic rings. The monoisotopic (exact) mass is 490 g/mol. The van der Waals surface area contributed by atoms with E-state index >= 15 is 0 Å². The Bertz CT molecular complexity index is 844. The fourth-order valence-electron chi connectivity index (χ4n) is 2.15. The summed E-state index contributed by atoms with van der Waals surface area (Å²) in [6.07, 6.45) is 0. The Morgan fingerprint density at radius 1 is 1.19 bits per heavy atom. The largest absolute Gasteiger partial charge is 0.396 e. The van der Waals surface area contributed by atoms with Crippen LogP contribution in [0.2, 0.25) is 0 Å². The molecule has 0 aliphatic carbocycles. The first-order chi connectivity index (χ1) is 12.6. The van der Waals surface area contributed by atoms with Crippen LogP contribution in [0.3, 0.4) is 0 Å². The predicted octanol–water partition coefficient (Wildman–Crippen LogP) is 4.30. The van der Waals surface area contributed by atoms with Crippen molar-refractivity contribution in [3.63, 3.8) is 0 Å². The van der Waals surface area contributed by atoms with E-state index < -0.39 is 23.0 Å². The lowest BCUT2D eigenvalue weighted by molar-refractivity contribution is -0.0197. The summed E-state index contributed by atoms with van der Waals surface area (Å²) in [5, 5.41) is 12.2. The highest BCUT2D eigenvalue weighted by atomic mass is 127. The maximum Gasteiger partial charge on any atom is 0.277 e. The van der Waals surface area contributed by atoms with E-state index in [1.165, 1.54) is 0 Å². The third-order valence-electron chi connectivity index (χ3n) is 3.82. The van der Waals surface area contributed by atoms with Crippen molar-refractivity contribution in [1.82, 2.24) is 5.48 Å². The van der Waals surface area contributed by atoms with Gasteiger partial charge in [0.2, 0.25) is 0 Å². The van der Waals surface area contributed by atoms with E-state index in [4.69, 9.17) is 4.84 Å². The lowest BCUT2D eigenvalue weighted by Crippen LogP contribution is -2.32. The first-order valence-electron chi connectivity index (χ1n) is 8.18. The molecule has 2 aromatic carbocycles. The van der Waals surface area contributed by atoms with E-state index in [9.17, 15) is 18.7 Å². The second-order valence-corrected chi connectivity index (χ2v) is 8.18. The molecule has 0 fully saturated rings. The summed E-state index contributed by atoms with van der Waals surface area (Å²) in [5.74, 6) is -2.94. The molecule has 0 heterocycles. The minimum atomic E-state index is -1.14. The van der Waals surface area contributed by atoms with E-state index in [1.807, 2.05) is 19.1 Å². The number of aryl methyl sites for hydroxylation is 1. The Balaban J connectivity index is 2.25. The van der Waals surface area contributed by atoms with Gasteiger partial charge in [0.1, 0.15) is 0 Å². The SMILES string of the molecule is Cc1cc(I)ccc1Nc1cc(F)c(F)cc1C(=O)NOCC(C)(C)CO. The van der Waals surface area contributed by atoms with Crippen LogP contribution in [-0.4, -0.2) is 24.2 Å². The summed E-state index contributed by atoms with van der Waals surface area (Å²) in [4.78, 5) is 17.5. The predicted molar refractivity (Wildman–Crippen MR) is 108 cm³/mol. The normalized spacial score (nSPS) is 11.4. The van der Waals surface area contributed by atoms with Gasteiger partial charge in [-0.1, -0.05) is 13.8 Å². The molecular formula is C19H21F2IN2O3. The van der Waals surface area contributed by atoms with Crippen LogP contribution in [0.15, 0.2) is 30.3 Å². The Hall–Kier alpha value is -1.78. The highest BCUT2D eigenvalue weighted by Gasteiger charge is 2.20. The van der Waals surface area contributed by atoms with Crippen LogP contribution in [0, 0.1) is 27.5 Å². The van der Waals surface area contributed by atoms with Crippen LogP contribution in [0.5, 0.6) is 0 Å². The average molecular weight is 490 g/mol. The van der Waals surface area contributed by atoms with Crippen molar-refractivity contribution in [3.05, 3.63) is 56.7 Å². The number of aliphatic hydroxyl groups is 1. The van der Waals surface area contributed by atoms with Gasteiger partial charge < -0.3 is 10.4 Å². The highest BCUT2D eigenvalue weighted by molar-refractivity contribution is 14.1. The molecule has 27 heavy (non-hydrogen) atoms. The summed E-state index contributed by atoms with van der Waals surface area (Å²) in [6.45, 7) is 5.29. The number of rotatable bonds is 7. The number of amides is 1. The van der Waals surface area contributed by atoms with Gasteiger partial charge in [-0.2, -0.15) is 0 Å². The standard InChI is InChI=1S/C19H21F2IN2O3/c1-11-6-12(22)4-5-16(11)23-17-8-15(21)14(20)7-13(17)18(26)24-27-10-19(2,3)9-25/h4-8,23,25H,9-10H2,1-3H3,(H,24,26). The number of hydrogen-bond donors (Lipinski definition) is 3. The van der Waals surface area contributed by atoms with Crippen LogP contribution < -0.4 is 10.8 Å². The van der Waals surface area contributed by atoms with E-state index in [-0.39, 0.29) is 24.5 Å². The summed E-state index contributed by atoms with van der Waals surface area (Å²) >= 11 is 2.17. The topological polar surface area (TPSA) is 70.6 Å². The molecule has 2 rings (SSSR count). The van der Waals surface area contributed by atoms with E-state index in [0.29, 0.717) is 5.69 Å². The Morgan fingerprint density at radius 3 is 2.48 bits per heavy atom. The molecular weight excluding hydrogens is 469 g/mol. The summed E-state index contributed by atoms with van der Waals surface area (Å²) in [5.41, 5.74) is 3.21. The zero-order valence-corrected chi connectivity index (χ0v) is 17.4. The first-order valence-corrected chi connectivity index (χ1v) is 9.26. The number of hydroxylamine groups is 1. The minimum Gasteiger partial charge on any atom is -0.396 e. The van der Waals surface area contributed by atoms with Crippen LogP contribution in [0.4, 0.5) is 20.2 Å². The maximum absolute atomic E-state index is 13.7. The fraction of sp³-hybridized carbons (Fsp3) is 0.316. The van der Waals surface area contributed by atoms with Crippen LogP contribution >= 0.6 is 22.6 Å². The summed E-state index contributed by atoms with van der Waals surface area (Å²) in [6, 6.07) is 7.31. The summed E-state index contributed by atoms with van der Waals surface area (Å²) < 4.78 is 28.5. The van der Waals surface area contributed by atoms with Crippen LogP contribution in [0.1, 0.15) is 29.8 Å². The smallest absolute Gasteiger partial charge is 0.277 e. The highest BCUT2D eigenvalue weighted by Crippen LogP contribution is 2.27. The van der Waals surface area contributed by atoms with Gasteiger partial charge in [0.15, 0.2) is 11.6 Å². The molecule has 0 aliphatic rings.